The first-order chi connectivity index (χ1) is 8.45. The summed E-state index contributed by atoms with van der Waals surface area (Å²) in [6.45, 7) is 4.33. The van der Waals surface area contributed by atoms with Crippen molar-refractivity contribution in [1.29, 1.82) is 0 Å². The third-order valence-electron chi connectivity index (χ3n) is 3.89. The number of urea groups is 1. The molecule has 2 N–H and O–H groups in total. The number of nitrogens with one attached hydrogen (secondary N) is 2. The molecular formula is C13H20N4O. The Balaban J connectivity index is 1.63. The monoisotopic (exact) mass is 248 g/mol. The largest absolute Gasteiger partial charge is 0.335 e. The molecule has 2 saturated carbocycles. The van der Waals surface area contributed by atoms with Crippen LogP contribution in [-0.4, -0.2) is 21.9 Å². The molecule has 0 aliphatic heterocycles. The maximum Gasteiger partial charge on any atom is 0.319 e. The fourth-order valence-electron chi connectivity index (χ4n) is 2.29. The quantitative estimate of drug-likeness (QED) is 0.861. The predicted octanol–water partition coefficient (Wildman–Crippen LogP) is 2.22. The van der Waals surface area contributed by atoms with E-state index >= 15 is 0 Å². The Hall–Kier alpha value is -1.52. The van der Waals surface area contributed by atoms with Crippen LogP contribution >= 0.6 is 0 Å². The van der Waals surface area contributed by atoms with Gasteiger partial charge in [-0.1, -0.05) is 13.8 Å². The lowest BCUT2D eigenvalue weighted by Gasteiger charge is -2.08. The molecule has 2 aliphatic rings. The maximum absolute atomic E-state index is 11.9. The molecule has 18 heavy (non-hydrogen) atoms. The Labute approximate surface area is 107 Å². The average molecular weight is 248 g/mol. The number of aryl methyl sites for hydroxylation is 1. The lowest BCUT2D eigenvalue weighted by atomic mass is 10.2. The zero-order valence-corrected chi connectivity index (χ0v) is 11.2. The van der Waals surface area contributed by atoms with E-state index in [1.807, 2.05) is 13.2 Å². The number of aromatic nitrogens is 2. The van der Waals surface area contributed by atoms with Gasteiger partial charge in [-0.2, -0.15) is 5.10 Å². The van der Waals surface area contributed by atoms with Crippen molar-refractivity contribution in [3.63, 3.8) is 0 Å². The minimum Gasteiger partial charge on any atom is -0.335 e. The zero-order chi connectivity index (χ0) is 12.9. The number of amides is 2. The number of carbonyl (C=O) groups excluding carboxylic acids is 1. The minimum absolute atomic E-state index is 0.111. The van der Waals surface area contributed by atoms with Crippen molar-refractivity contribution < 1.29 is 4.79 Å². The molecule has 2 aliphatic carbocycles. The van der Waals surface area contributed by atoms with Gasteiger partial charge in [-0.15, -0.1) is 0 Å². The lowest BCUT2D eigenvalue weighted by Crippen LogP contribution is -2.32. The summed E-state index contributed by atoms with van der Waals surface area (Å²) in [5, 5.41) is 10.4. The van der Waals surface area contributed by atoms with Crippen molar-refractivity contribution in [1.82, 2.24) is 15.1 Å². The highest BCUT2D eigenvalue weighted by molar-refractivity contribution is 5.90. The molecule has 2 amide bonds. The van der Waals surface area contributed by atoms with Crippen LogP contribution in [0.4, 0.5) is 10.5 Å². The number of nitrogens with zero attached hydrogens (tertiary/aromatic N) is 2. The summed E-state index contributed by atoms with van der Waals surface area (Å²) in [5.41, 5.74) is 2.14. The highest BCUT2D eigenvalue weighted by Crippen LogP contribution is 2.45. The van der Waals surface area contributed by atoms with Crippen LogP contribution in [0.3, 0.4) is 0 Å². The Bertz CT molecular complexity index is 487. The second kappa shape index (κ2) is 3.73. The summed E-state index contributed by atoms with van der Waals surface area (Å²) in [7, 11) is 1.89. The topological polar surface area (TPSA) is 59.0 Å². The molecule has 3 rings (SSSR count). The summed E-state index contributed by atoms with van der Waals surface area (Å²) < 4.78 is 1.77. The number of carbonyl (C=O) groups is 1. The van der Waals surface area contributed by atoms with Gasteiger partial charge < -0.3 is 10.6 Å². The second-order valence-electron chi connectivity index (χ2n) is 6.22. The highest BCUT2D eigenvalue weighted by Gasteiger charge is 2.46. The van der Waals surface area contributed by atoms with Gasteiger partial charge in [0.1, 0.15) is 0 Å². The molecule has 1 aromatic rings. The van der Waals surface area contributed by atoms with Crippen LogP contribution in [0, 0.1) is 5.41 Å². The number of anilines is 1. The second-order valence-corrected chi connectivity index (χ2v) is 6.22. The first-order valence-corrected chi connectivity index (χ1v) is 6.57. The molecule has 1 aromatic heterocycles. The number of hydrogen-bond acceptors (Lipinski definition) is 2. The third-order valence-corrected chi connectivity index (χ3v) is 3.89. The lowest BCUT2D eigenvalue weighted by molar-refractivity contribution is 0.250. The zero-order valence-electron chi connectivity index (χ0n) is 11.2. The van der Waals surface area contributed by atoms with Crippen molar-refractivity contribution in [2.45, 2.75) is 45.1 Å². The van der Waals surface area contributed by atoms with E-state index < -0.39 is 0 Å². The molecule has 5 nitrogen and oxygen atoms in total. The molecule has 2 fully saturated rings. The van der Waals surface area contributed by atoms with Crippen LogP contribution in [0.15, 0.2) is 6.20 Å². The molecule has 0 radical (unpaired) electrons. The van der Waals surface area contributed by atoms with Crippen LogP contribution in [0.25, 0.3) is 0 Å². The van der Waals surface area contributed by atoms with Crippen LogP contribution in [0.1, 0.15) is 44.7 Å². The van der Waals surface area contributed by atoms with Crippen molar-refractivity contribution >= 4 is 11.7 Å². The van der Waals surface area contributed by atoms with Crippen molar-refractivity contribution in [3.8, 4) is 0 Å². The molecule has 1 atom stereocenters. The van der Waals surface area contributed by atoms with E-state index in [1.54, 1.807) is 4.68 Å². The molecule has 0 unspecified atom stereocenters. The summed E-state index contributed by atoms with van der Waals surface area (Å²) in [5.74, 6) is 0.541. The maximum atomic E-state index is 11.9. The molecule has 1 heterocycles. The molecule has 0 bridgehead atoms. The molecule has 0 saturated heterocycles. The molecular weight excluding hydrogens is 228 g/mol. The number of hydrogen-bond donors (Lipinski definition) is 2. The highest BCUT2D eigenvalue weighted by atomic mass is 16.2. The molecule has 0 aromatic carbocycles. The van der Waals surface area contributed by atoms with Gasteiger partial charge in [0.25, 0.3) is 0 Å². The van der Waals surface area contributed by atoms with Crippen LogP contribution in [-0.2, 0) is 7.05 Å². The van der Waals surface area contributed by atoms with Gasteiger partial charge >= 0.3 is 6.03 Å². The predicted molar refractivity (Wildman–Crippen MR) is 69.5 cm³/mol. The fourth-order valence-corrected chi connectivity index (χ4v) is 2.29. The van der Waals surface area contributed by atoms with Crippen LogP contribution < -0.4 is 10.6 Å². The van der Waals surface area contributed by atoms with Crippen LogP contribution in [0.2, 0.25) is 0 Å². The SMILES string of the molecule is Cn1cc(NC(=O)N[C@H]2CC2(C)C)c(C2CC2)n1. The van der Waals surface area contributed by atoms with Gasteiger partial charge in [-0.25, -0.2) is 4.79 Å². The van der Waals surface area contributed by atoms with Crippen molar-refractivity contribution in [2.24, 2.45) is 12.5 Å². The third kappa shape index (κ3) is 2.21. The smallest absolute Gasteiger partial charge is 0.319 e. The van der Waals surface area contributed by atoms with Gasteiger partial charge in [-0.05, 0) is 24.7 Å². The Kier molecular flexibility index (Phi) is 2.40. The van der Waals surface area contributed by atoms with Gasteiger partial charge in [0.15, 0.2) is 0 Å². The molecule has 0 spiro atoms. The fraction of sp³-hybridized carbons (Fsp3) is 0.692. The summed E-state index contributed by atoms with van der Waals surface area (Å²) in [6.07, 6.45) is 5.31. The Morgan fingerprint density at radius 3 is 2.72 bits per heavy atom. The first-order valence-electron chi connectivity index (χ1n) is 6.57. The summed E-state index contributed by atoms with van der Waals surface area (Å²) in [6, 6.07) is 0.194. The summed E-state index contributed by atoms with van der Waals surface area (Å²) >= 11 is 0. The Morgan fingerprint density at radius 2 is 2.17 bits per heavy atom. The average Bonchev–Trinajstić information content (AvgIpc) is 3.13. The summed E-state index contributed by atoms with van der Waals surface area (Å²) in [4.78, 5) is 11.9. The van der Waals surface area contributed by atoms with Crippen LogP contribution in [0.5, 0.6) is 0 Å². The van der Waals surface area contributed by atoms with E-state index in [0.717, 1.165) is 17.8 Å². The van der Waals surface area contributed by atoms with Crippen molar-refractivity contribution in [3.05, 3.63) is 11.9 Å². The number of rotatable bonds is 3. The molecule has 98 valence electrons. The minimum atomic E-state index is -0.111. The molecule has 5 heteroatoms. The van der Waals surface area contributed by atoms with E-state index in [4.69, 9.17) is 0 Å². The van der Waals surface area contributed by atoms with Gasteiger partial charge in [0.05, 0.1) is 11.4 Å². The standard InChI is InChI=1S/C13H20N4O/c1-13(2)6-10(13)15-12(18)14-9-7-17(3)16-11(9)8-4-5-8/h7-8,10H,4-6H2,1-3H3,(H2,14,15,18)/t10-/m0/s1. The van der Waals surface area contributed by atoms with E-state index in [1.165, 1.54) is 12.8 Å². The van der Waals surface area contributed by atoms with E-state index in [9.17, 15) is 4.79 Å². The normalized spacial score (nSPS) is 24.7. The van der Waals surface area contributed by atoms with Crippen molar-refractivity contribution in [2.75, 3.05) is 5.32 Å². The van der Waals surface area contributed by atoms with E-state index in [2.05, 4.69) is 29.6 Å². The van der Waals surface area contributed by atoms with Gasteiger partial charge in [0.2, 0.25) is 0 Å². The Morgan fingerprint density at radius 1 is 1.50 bits per heavy atom. The van der Waals surface area contributed by atoms with E-state index in [0.29, 0.717) is 12.0 Å². The first kappa shape index (κ1) is 11.6. The van der Waals surface area contributed by atoms with Gasteiger partial charge in [0, 0.05) is 25.2 Å². The van der Waals surface area contributed by atoms with Gasteiger partial charge in [-0.3, -0.25) is 4.68 Å². The van der Waals surface area contributed by atoms with E-state index in [-0.39, 0.29) is 11.4 Å².